The van der Waals surface area contributed by atoms with Gasteiger partial charge in [-0.25, -0.2) is 9.59 Å². The van der Waals surface area contributed by atoms with Crippen LogP contribution in [0.3, 0.4) is 0 Å². The summed E-state index contributed by atoms with van der Waals surface area (Å²) in [5.74, 6) is -3.65. The number of morpholine rings is 1. The van der Waals surface area contributed by atoms with Crippen molar-refractivity contribution in [3.63, 3.8) is 0 Å². The van der Waals surface area contributed by atoms with Crippen LogP contribution in [0.5, 0.6) is 0 Å². The summed E-state index contributed by atoms with van der Waals surface area (Å²) >= 11 is 5.93. The summed E-state index contributed by atoms with van der Waals surface area (Å²) in [5.41, 5.74) is 1.36. The number of carboxylic acid groups (broad SMARTS) is 2. The summed E-state index contributed by atoms with van der Waals surface area (Å²) in [5, 5.41) is 15.6. The highest BCUT2D eigenvalue weighted by Crippen LogP contribution is 2.20. The van der Waals surface area contributed by atoms with Crippen LogP contribution in [0.1, 0.15) is 18.4 Å². The topological polar surface area (TPSA) is 90.3 Å². The van der Waals surface area contributed by atoms with E-state index in [9.17, 15) is 0 Å². The van der Waals surface area contributed by atoms with Crippen LogP contribution in [-0.4, -0.2) is 77.4 Å². The second-order valence-electron chi connectivity index (χ2n) is 6.39. The number of carbonyl (C=O) groups is 2. The molecule has 26 heavy (non-hydrogen) atoms. The summed E-state index contributed by atoms with van der Waals surface area (Å²) in [6.45, 7) is 7.49. The number of rotatable bonds is 3. The standard InChI is InChI=1S/C16H23ClN2O.C2H2O4/c17-15-3-1-14(2-4-15)13-18-7-5-16(6-8-18)19-9-11-20-12-10-19;3-1(4)2(5)6/h1-4,16H,5-13H2;(H,3,4)(H,5,6). The normalized spacial score (nSPS) is 19.4. The van der Waals surface area contributed by atoms with Crippen LogP contribution in [-0.2, 0) is 20.9 Å². The van der Waals surface area contributed by atoms with Crippen molar-refractivity contribution in [1.29, 1.82) is 0 Å². The molecular weight excluding hydrogens is 360 g/mol. The van der Waals surface area contributed by atoms with Crippen molar-refractivity contribution in [2.24, 2.45) is 0 Å². The summed E-state index contributed by atoms with van der Waals surface area (Å²) in [6.07, 6.45) is 2.57. The molecule has 0 saturated carbocycles. The number of hydrogen-bond donors (Lipinski definition) is 2. The molecule has 3 rings (SSSR count). The lowest BCUT2D eigenvalue weighted by atomic mass is 10.0. The van der Waals surface area contributed by atoms with Gasteiger partial charge < -0.3 is 14.9 Å². The second-order valence-corrected chi connectivity index (χ2v) is 6.83. The maximum absolute atomic E-state index is 9.10. The Hall–Kier alpha value is -1.67. The van der Waals surface area contributed by atoms with Crippen molar-refractivity contribution in [2.75, 3.05) is 39.4 Å². The number of hydrogen-bond acceptors (Lipinski definition) is 5. The Morgan fingerprint density at radius 1 is 1.00 bits per heavy atom. The van der Waals surface area contributed by atoms with Gasteiger partial charge in [-0.15, -0.1) is 0 Å². The first-order valence-electron chi connectivity index (χ1n) is 8.70. The second kappa shape index (κ2) is 10.5. The molecule has 2 heterocycles. The first-order valence-corrected chi connectivity index (χ1v) is 9.08. The van der Waals surface area contributed by atoms with Crippen molar-refractivity contribution in [1.82, 2.24) is 9.80 Å². The molecule has 0 unspecified atom stereocenters. The lowest BCUT2D eigenvalue weighted by Gasteiger charge is -2.40. The first kappa shape index (κ1) is 20.6. The predicted octanol–water partition coefficient (Wildman–Crippen LogP) is 1.79. The van der Waals surface area contributed by atoms with Crippen LogP contribution in [0.15, 0.2) is 24.3 Å². The van der Waals surface area contributed by atoms with E-state index in [-0.39, 0.29) is 0 Å². The number of ether oxygens (including phenoxy) is 1. The fraction of sp³-hybridized carbons (Fsp3) is 0.556. The van der Waals surface area contributed by atoms with E-state index in [1.165, 1.54) is 31.5 Å². The maximum Gasteiger partial charge on any atom is 0.414 e. The van der Waals surface area contributed by atoms with Crippen molar-refractivity contribution >= 4 is 23.5 Å². The van der Waals surface area contributed by atoms with Crippen LogP contribution in [0.2, 0.25) is 5.02 Å². The highest BCUT2D eigenvalue weighted by atomic mass is 35.5. The number of benzene rings is 1. The molecule has 0 spiro atoms. The quantitative estimate of drug-likeness (QED) is 0.768. The van der Waals surface area contributed by atoms with Gasteiger partial charge in [0.15, 0.2) is 0 Å². The van der Waals surface area contributed by atoms with Crippen molar-refractivity contribution < 1.29 is 24.5 Å². The Morgan fingerprint density at radius 3 is 2.04 bits per heavy atom. The minimum Gasteiger partial charge on any atom is -0.473 e. The zero-order chi connectivity index (χ0) is 18.9. The van der Waals surface area contributed by atoms with Crippen molar-refractivity contribution in [3.8, 4) is 0 Å². The molecule has 2 aliphatic heterocycles. The van der Waals surface area contributed by atoms with E-state index in [2.05, 4.69) is 21.9 Å². The Balaban J connectivity index is 0.000000352. The molecule has 8 heteroatoms. The number of aliphatic carboxylic acids is 2. The molecule has 0 radical (unpaired) electrons. The summed E-state index contributed by atoms with van der Waals surface area (Å²) in [6, 6.07) is 9.00. The van der Waals surface area contributed by atoms with Gasteiger partial charge in [0.25, 0.3) is 0 Å². The minimum absolute atomic E-state index is 0.764. The highest BCUT2D eigenvalue weighted by molar-refractivity contribution is 6.30. The molecular formula is C18H25ClN2O5. The zero-order valence-electron chi connectivity index (χ0n) is 14.6. The van der Waals surface area contributed by atoms with E-state index in [1.807, 2.05) is 12.1 Å². The molecule has 2 fully saturated rings. The van der Waals surface area contributed by atoms with Gasteiger partial charge in [0, 0.05) is 30.7 Å². The monoisotopic (exact) mass is 384 g/mol. The van der Waals surface area contributed by atoms with E-state index in [0.717, 1.165) is 43.9 Å². The van der Waals surface area contributed by atoms with Crippen molar-refractivity contribution in [2.45, 2.75) is 25.4 Å². The minimum atomic E-state index is -1.82. The molecule has 0 atom stereocenters. The van der Waals surface area contributed by atoms with Crippen LogP contribution >= 0.6 is 11.6 Å². The Labute approximate surface area is 158 Å². The van der Waals surface area contributed by atoms with Gasteiger partial charge in [-0.3, -0.25) is 9.80 Å². The molecule has 0 aromatic heterocycles. The molecule has 144 valence electrons. The van der Waals surface area contributed by atoms with E-state index in [0.29, 0.717) is 0 Å². The average Bonchev–Trinajstić information content (AvgIpc) is 2.65. The highest BCUT2D eigenvalue weighted by Gasteiger charge is 2.25. The SMILES string of the molecule is Clc1ccc(CN2CCC(N3CCOCC3)CC2)cc1.O=C(O)C(=O)O. The first-order chi connectivity index (χ1) is 12.5. The Bertz CT molecular complexity index is 570. The molecule has 0 aliphatic carbocycles. The van der Waals surface area contributed by atoms with Crippen LogP contribution < -0.4 is 0 Å². The van der Waals surface area contributed by atoms with Gasteiger partial charge in [0.1, 0.15) is 0 Å². The van der Waals surface area contributed by atoms with Gasteiger partial charge in [0.05, 0.1) is 13.2 Å². The lowest BCUT2D eigenvalue weighted by Crippen LogP contribution is -2.48. The van der Waals surface area contributed by atoms with E-state index in [4.69, 9.17) is 36.1 Å². The molecule has 2 N–H and O–H groups in total. The molecule has 1 aromatic carbocycles. The van der Waals surface area contributed by atoms with Gasteiger partial charge >= 0.3 is 11.9 Å². The van der Waals surface area contributed by atoms with Gasteiger partial charge in [-0.1, -0.05) is 23.7 Å². The number of likely N-dealkylation sites (tertiary alicyclic amines) is 1. The fourth-order valence-corrected chi connectivity index (χ4v) is 3.36. The van der Waals surface area contributed by atoms with E-state index < -0.39 is 11.9 Å². The Kier molecular flexibility index (Phi) is 8.31. The third kappa shape index (κ3) is 6.92. The number of carboxylic acids is 2. The molecule has 7 nitrogen and oxygen atoms in total. The van der Waals surface area contributed by atoms with Gasteiger partial charge in [-0.2, -0.15) is 0 Å². The average molecular weight is 385 g/mol. The molecule has 0 bridgehead atoms. The molecule has 1 aromatic rings. The smallest absolute Gasteiger partial charge is 0.414 e. The van der Waals surface area contributed by atoms with Gasteiger partial charge in [-0.05, 0) is 43.6 Å². The van der Waals surface area contributed by atoms with Crippen molar-refractivity contribution in [3.05, 3.63) is 34.9 Å². The summed E-state index contributed by atoms with van der Waals surface area (Å²) in [7, 11) is 0. The predicted molar refractivity (Wildman–Crippen MR) is 97.4 cm³/mol. The van der Waals surface area contributed by atoms with Gasteiger partial charge in [0.2, 0.25) is 0 Å². The van der Waals surface area contributed by atoms with Crippen LogP contribution in [0.4, 0.5) is 0 Å². The largest absolute Gasteiger partial charge is 0.473 e. The Morgan fingerprint density at radius 2 is 1.54 bits per heavy atom. The lowest BCUT2D eigenvalue weighted by molar-refractivity contribution is -0.159. The fourth-order valence-electron chi connectivity index (χ4n) is 3.23. The summed E-state index contributed by atoms with van der Waals surface area (Å²) in [4.78, 5) is 23.4. The maximum atomic E-state index is 9.10. The number of piperidine rings is 1. The van der Waals surface area contributed by atoms with E-state index >= 15 is 0 Å². The number of nitrogens with zero attached hydrogens (tertiary/aromatic N) is 2. The molecule has 2 aliphatic rings. The number of halogens is 1. The molecule has 0 amide bonds. The summed E-state index contributed by atoms with van der Waals surface area (Å²) < 4.78 is 5.44. The molecule has 2 saturated heterocycles. The van der Waals surface area contributed by atoms with Crippen LogP contribution in [0, 0.1) is 0 Å². The zero-order valence-corrected chi connectivity index (χ0v) is 15.4. The van der Waals surface area contributed by atoms with E-state index in [1.54, 1.807) is 0 Å². The third-order valence-corrected chi connectivity index (χ3v) is 4.87. The third-order valence-electron chi connectivity index (χ3n) is 4.62. The van der Waals surface area contributed by atoms with Crippen LogP contribution in [0.25, 0.3) is 0 Å².